The van der Waals surface area contributed by atoms with Crippen molar-refractivity contribution in [1.29, 1.82) is 0 Å². The van der Waals surface area contributed by atoms with Crippen LogP contribution < -0.4 is 4.74 Å². The van der Waals surface area contributed by atoms with Gasteiger partial charge in [-0.25, -0.2) is 0 Å². The summed E-state index contributed by atoms with van der Waals surface area (Å²) in [6.45, 7) is 9.06. The molecule has 0 aliphatic rings. The standard InChI is InChI=1S/C19H21N3O2S/c1-4-9-22-18(17-8-10-23-15(17)3)20-21-19(22)25-12-11-24-16-7-5-6-14(2)13-16/h4-8,10,13H,1,9,11-12H2,2-3H3. The molecule has 1 aromatic carbocycles. The van der Waals surface area contributed by atoms with Crippen molar-refractivity contribution in [2.24, 2.45) is 0 Å². The molecule has 0 saturated carbocycles. The maximum absolute atomic E-state index is 5.79. The molecule has 0 N–H and O–H groups in total. The Bertz CT molecular complexity index is 854. The van der Waals surface area contributed by atoms with Crippen LogP contribution in [0.15, 0.2) is 58.8 Å². The van der Waals surface area contributed by atoms with Crippen LogP contribution in [0.25, 0.3) is 11.4 Å². The number of aromatic nitrogens is 3. The fourth-order valence-electron chi connectivity index (χ4n) is 2.50. The summed E-state index contributed by atoms with van der Waals surface area (Å²) in [6, 6.07) is 9.97. The van der Waals surface area contributed by atoms with Gasteiger partial charge in [-0.2, -0.15) is 0 Å². The molecule has 130 valence electrons. The average Bonchev–Trinajstić information content (AvgIpc) is 3.18. The average molecular weight is 355 g/mol. The molecule has 3 aromatic rings. The topological polar surface area (TPSA) is 53.1 Å². The lowest BCUT2D eigenvalue weighted by atomic mass is 10.2. The first-order valence-corrected chi connectivity index (χ1v) is 9.08. The molecule has 0 aliphatic heterocycles. The molecule has 0 atom stereocenters. The predicted octanol–water partition coefficient (Wildman–Crippen LogP) is 4.51. The van der Waals surface area contributed by atoms with E-state index in [0.29, 0.717) is 13.2 Å². The number of thioether (sulfide) groups is 1. The van der Waals surface area contributed by atoms with Crippen LogP contribution in [-0.4, -0.2) is 27.1 Å². The van der Waals surface area contributed by atoms with Crippen molar-refractivity contribution in [1.82, 2.24) is 14.8 Å². The molecule has 0 aliphatic carbocycles. The van der Waals surface area contributed by atoms with Crippen molar-refractivity contribution in [3.63, 3.8) is 0 Å². The molecular formula is C19H21N3O2S. The lowest BCUT2D eigenvalue weighted by molar-refractivity contribution is 0.343. The number of hydrogen-bond acceptors (Lipinski definition) is 5. The molecule has 0 spiro atoms. The minimum Gasteiger partial charge on any atom is -0.493 e. The van der Waals surface area contributed by atoms with Gasteiger partial charge in [-0.15, -0.1) is 16.8 Å². The molecule has 6 heteroatoms. The third-order valence-corrected chi connectivity index (χ3v) is 4.63. The summed E-state index contributed by atoms with van der Waals surface area (Å²) >= 11 is 1.62. The summed E-state index contributed by atoms with van der Waals surface area (Å²) in [7, 11) is 0. The normalized spacial score (nSPS) is 10.8. The summed E-state index contributed by atoms with van der Waals surface area (Å²) in [4.78, 5) is 0. The first kappa shape index (κ1) is 17.4. The lowest BCUT2D eigenvalue weighted by Gasteiger charge is -2.08. The monoisotopic (exact) mass is 355 g/mol. The van der Waals surface area contributed by atoms with E-state index in [-0.39, 0.29) is 0 Å². The van der Waals surface area contributed by atoms with E-state index in [1.165, 1.54) is 5.56 Å². The molecule has 2 heterocycles. The Kier molecular flexibility index (Phi) is 5.60. The Labute approximate surface area is 151 Å². The fourth-order valence-corrected chi connectivity index (χ4v) is 3.27. The van der Waals surface area contributed by atoms with Crippen LogP contribution in [-0.2, 0) is 6.54 Å². The largest absolute Gasteiger partial charge is 0.493 e. The zero-order valence-electron chi connectivity index (χ0n) is 14.4. The summed E-state index contributed by atoms with van der Waals surface area (Å²) in [6.07, 6.45) is 3.51. The van der Waals surface area contributed by atoms with E-state index in [1.54, 1.807) is 18.0 Å². The molecule has 5 nitrogen and oxygen atoms in total. The Morgan fingerprint density at radius 2 is 2.16 bits per heavy atom. The molecule has 0 amide bonds. The molecule has 25 heavy (non-hydrogen) atoms. The first-order chi connectivity index (χ1) is 12.2. The van der Waals surface area contributed by atoms with Crippen LogP contribution in [0.5, 0.6) is 5.75 Å². The molecule has 0 saturated heterocycles. The molecule has 0 fully saturated rings. The van der Waals surface area contributed by atoms with Crippen molar-refractivity contribution in [3.05, 3.63) is 60.6 Å². The van der Waals surface area contributed by atoms with E-state index in [4.69, 9.17) is 9.15 Å². The molecular weight excluding hydrogens is 334 g/mol. The summed E-state index contributed by atoms with van der Waals surface area (Å²) < 4.78 is 13.2. The molecule has 2 aromatic heterocycles. The molecule has 3 rings (SSSR count). The van der Waals surface area contributed by atoms with Gasteiger partial charge in [-0.1, -0.05) is 30.0 Å². The summed E-state index contributed by atoms with van der Waals surface area (Å²) in [5.74, 6) is 3.31. The lowest BCUT2D eigenvalue weighted by Crippen LogP contribution is -2.04. The number of rotatable bonds is 8. The number of allylic oxidation sites excluding steroid dienone is 1. The van der Waals surface area contributed by atoms with E-state index in [1.807, 2.05) is 41.8 Å². The number of hydrogen-bond donors (Lipinski definition) is 0. The van der Waals surface area contributed by atoms with Crippen LogP contribution in [0.1, 0.15) is 11.3 Å². The van der Waals surface area contributed by atoms with Gasteiger partial charge >= 0.3 is 0 Å². The quantitative estimate of drug-likeness (QED) is 0.338. The Morgan fingerprint density at radius 3 is 2.88 bits per heavy atom. The maximum atomic E-state index is 5.79. The van der Waals surface area contributed by atoms with Crippen molar-refractivity contribution in [3.8, 4) is 17.1 Å². The van der Waals surface area contributed by atoms with Crippen LogP contribution in [0.2, 0.25) is 0 Å². The van der Waals surface area contributed by atoms with Gasteiger partial charge in [0.05, 0.1) is 18.4 Å². The zero-order chi connectivity index (χ0) is 17.6. The van der Waals surface area contributed by atoms with Crippen LogP contribution in [0.4, 0.5) is 0 Å². The van der Waals surface area contributed by atoms with E-state index in [2.05, 4.69) is 29.8 Å². The van der Waals surface area contributed by atoms with Crippen LogP contribution >= 0.6 is 11.8 Å². The molecule has 0 unspecified atom stereocenters. The summed E-state index contributed by atoms with van der Waals surface area (Å²) in [5, 5.41) is 9.50. The fraction of sp³-hybridized carbons (Fsp3) is 0.263. The van der Waals surface area contributed by atoms with Gasteiger partial charge in [0, 0.05) is 12.3 Å². The van der Waals surface area contributed by atoms with E-state index in [9.17, 15) is 0 Å². The number of furan rings is 1. The highest BCUT2D eigenvalue weighted by atomic mass is 32.2. The number of ether oxygens (including phenoxy) is 1. The van der Waals surface area contributed by atoms with Crippen LogP contribution in [0, 0.1) is 13.8 Å². The van der Waals surface area contributed by atoms with Gasteiger partial charge in [-0.05, 0) is 37.6 Å². The van der Waals surface area contributed by atoms with E-state index >= 15 is 0 Å². The first-order valence-electron chi connectivity index (χ1n) is 8.10. The maximum Gasteiger partial charge on any atom is 0.191 e. The van der Waals surface area contributed by atoms with Gasteiger partial charge < -0.3 is 9.15 Å². The van der Waals surface area contributed by atoms with Gasteiger partial charge in [-0.3, -0.25) is 4.57 Å². The second kappa shape index (κ2) is 8.07. The highest BCUT2D eigenvalue weighted by molar-refractivity contribution is 7.99. The van der Waals surface area contributed by atoms with E-state index < -0.39 is 0 Å². The van der Waals surface area contributed by atoms with Crippen molar-refractivity contribution >= 4 is 11.8 Å². The van der Waals surface area contributed by atoms with Crippen molar-refractivity contribution < 1.29 is 9.15 Å². The number of aryl methyl sites for hydroxylation is 2. The van der Waals surface area contributed by atoms with E-state index in [0.717, 1.165) is 33.8 Å². The third kappa shape index (κ3) is 4.14. The van der Waals surface area contributed by atoms with Crippen molar-refractivity contribution in [2.45, 2.75) is 25.5 Å². The van der Waals surface area contributed by atoms with Gasteiger partial charge in [0.1, 0.15) is 11.5 Å². The van der Waals surface area contributed by atoms with Gasteiger partial charge in [0.2, 0.25) is 0 Å². The SMILES string of the molecule is C=CCn1c(SCCOc2cccc(C)c2)nnc1-c1ccoc1C. The Balaban J connectivity index is 1.65. The number of benzene rings is 1. The summed E-state index contributed by atoms with van der Waals surface area (Å²) in [5.41, 5.74) is 2.15. The smallest absolute Gasteiger partial charge is 0.191 e. The number of nitrogens with zero attached hydrogens (tertiary/aromatic N) is 3. The Morgan fingerprint density at radius 1 is 1.28 bits per heavy atom. The van der Waals surface area contributed by atoms with Crippen LogP contribution in [0.3, 0.4) is 0 Å². The molecule has 0 radical (unpaired) electrons. The van der Waals surface area contributed by atoms with Crippen molar-refractivity contribution in [2.75, 3.05) is 12.4 Å². The third-order valence-electron chi connectivity index (χ3n) is 3.70. The second-order valence-corrected chi connectivity index (χ2v) is 6.67. The minimum absolute atomic E-state index is 0.606. The van der Waals surface area contributed by atoms with Gasteiger partial charge in [0.15, 0.2) is 11.0 Å². The predicted molar refractivity (Wildman–Crippen MR) is 100 cm³/mol. The second-order valence-electron chi connectivity index (χ2n) is 5.61. The highest BCUT2D eigenvalue weighted by Gasteiger charge is 2.16. The highest BCUT2D eigenvalue weighted by Crippen LogP contribution is 2.27. The minimum atomic E-state index is 0.606. The van der Waals surface area contributed by atoms with Gasteiger partial charge in [0.25, 0.3) is 0 Å². The molecule has 0 bridgehead atoms. The Hall–Kier alpha value is -2.47. The zero-order valence-corrected chi connectivity index (χ0v) is 15.3.